The zero-order valence-corrected chi connectivity index (χ0v) is 11.3. The van der Waals surface area contributed by atoms with E-state index in [1.165, 1.54) is 11.1 Å². The molecule has 2 N–H and O–H groups in total. The summed E-state index contributed by atoms with van der Waals surface area (Å²) < 4.78 is 5.60. The Morgan fingerprint density at radius 3 is 3.00 bits per heavy atom. The molecule has 3 heteroatoms. The van der Waals surface area contributed by atoms with Crippen LogP contribution in [0.3, 0.4) is 0 Å². The fourth-order valence-corrected chi connectivity index (χ4v) is 2.12. The molecule has 0 radical (unpaired) electrons. The molecule has 100 valence electrons. The van der Waals surface area contributed by atoms with Gasteiger partial charge >= 0.3 is 0 Å². The first-order valence-corrected chi connectivity index (χ1v) is 6.67. The molecular weight excluding hydrogens is 226 g/mol. The van der Waals surface area contributed by atoms with Gasteiger partial charge in [-0.15, -0.1) is 0 Å². The molecule has 0 aliphatic carbocycles. The van der Waals surface area contributed by atoms with Crippen LogP contribution in [0, 0.1) is 5.41 Å². The quantitative estimate of drug-likeness (QED) is 0.840. The molecule has 1 heterocycles. The molecule has 1 aromatic carbocycles. The Hall–Kier alpha value is -1.06. The molecule has 0 aromatic heterocycles. The first kappa shape index (κ1) is 13.4. The Balaban J connectivity index is 1.90. The maximum atomic E-state index is 9.19. The van der Waals surface area contributed by atoms with Gasteiger partial charge in [-0.3, -0.25) is 0 Å². The van der Waals surface area contributed by atoms with E-state index in [0.29, 0.717) is 0 Å². The highest BCUT2D eigenvalue weighted by Crippen LogP contribution is 2.25. The Bertz CT molecular complexity index is 401. The van der Waals surface area contributed by atoms with Crippen LogP contribution in [0.1, 0.15) is 31.4 Å². The number of benzene rings is 1. The molecular formula is C15H23NO2. The van der Waals surface area contributed by atoms with Crippen molar-refractivity contribution in [2.24, 2.45) is 5.41 Å². The fourth-order valence-electron chi connectivity index (χ4n) is 2.12. The van der Waals surface area contributed by atoms with Gasteiger partial charge in [-0.1, -0.05) is 26.0 Å². The van der Waals surface area contributed by atoms with Crippen molar-refractivity contribution in [1.29, 1.82) is 0 Å². The zero-order valence-electron chi connectivity index (χ0n) is 11.3. The number of aryl methyl sites for hydroxylation is 1. The van der Waals surface area contributed by atoms with Gasteiger partial charge in [0.25, 0.3) is 0 Å². The average Bonchev–Trinajstić information content (AvgIpc) is 2.38. The maximum Gasteiger partial charge on any atom is 0.122 e. The van der Waals surface area contributed by atoms with Crippen LogP contribution < -0.4 is 10.1 Å². The number of ether oxygens (including phenoxy) is 1. The van der Waals surface area contributed by atoms with E-state index in [4.69, 9.17) is 4.74 Å². The van der Waals surface area contributed by atoms with E-state index in [2.05, 4.69) is 37.4 Å². The first-order chi connectivity index (χ1) is 8.61. The van der Waals surface area contributed by atoms with Crippen molar-refractivity contribution in [2.45, 2.75) is 33.2 Å². The minimum absolute atomic E-state index is 0.0582. The molecule has 0 bridgehead atoms. The lowest BCUT2D eigenvalue weighted by Crippen LogP contribution is -2.31. The molecule has 3 nitrogen and oxygen atoms in total. The van der Waals surface area contributed by atoms with E-state index < -0.39 is 0 Å². The molecule has 0 fully saturated rings. The van der Waals surface area contributed by atoms with Gasteiger partial charge < -0.3 is 15.2 Å². The van der Waals surface area contributed by atoms with Crippen LogP contribution in [0.4, 0.5) is 0 Å². The Labute approximate surface area is 109 Å². The number of rotatable bonds is 5. The van der Waals surface area contributed by atoms with Gasteiger partial charge in [0, 0.05) is 25.1 Å². The molecule has 2 rings (SSSR count). The summed E-state index contributed by atoms with van der Waals surface area (Å²) in [7, 11) is 0. The Morgan fingerprint density at radius 2 is 2.22 bits per heavy atom. The van der Waals surface area contributed by atoms with Gasteiger partial charge in [-0.2, -0.15) is 0 Å². The highest BCUT2D eigenvalue weighted by molar-refractivity contribution is 5.38. The summed E-state index contributed by atoms with van der Waals surface area (Å²) in [6.45, 7) is 6.82. The van der Waals surface area contributed by atoms with Crippen molar-refractivity contribution in [3.8, 4) is 5.75 Å². The van der Waals surface area contributed by atoms with Gasteiger partial charge in [-0.05, 0) is 30.0 Å². The van der Waals surface area contributed by atoms with Crippen LogP contribution in [0.15, 0.2) is 18.2 Å². The summed E-state index contributed by atoms with van der Waals surface area (Å²) in [6.07, 6.45) is 2.23. The van der Waals surface area contributed by atoms with E-state index in [0.717, 1.165) is 38.3 Å². The second-order valence-electron chi connectivity index (χ2n) is 5.82. The van der Waals surface area contributed by atoms with E-state index >= 15 is 0 Å². The fraction of sp³-hybridized carbons (Fsp3) is 0.600. The summed E-state index contributed by atoms with van der Waals surface area (Å²) in [5.41, 5.74) is 2.55. The van der Waals surface area contributed by atoms with Gasteiger partial charge in [0.05, 0.1) is 6.61 Å². The normalized spacial score (nSPS) is 15.1. The van der Waals surface area contributed by atoms with Crippen LogP contribution in [0.2, 0.25) is 0 Å². The third-order valence-corrected chi connectivity index (χ3v) is 3.33. The summed E-state index contributed by atoms with van der Waals surface area (Å²) in [4.78, 5) is 0. The second kappa shape index (κ2) is 5.72. The molecule has 1 aromatic rings. The molecule has 0 amide bonds. The molecule has 18 heavy (non-hydrogen) atoms. The van der Waals surface area contributed by atoms with Gasteiger partial charge in [0.1, 0.15) is 5.75 Å². The summed E-state index contributed by atoms with van der Waals surface area (Å²) >= 11 is 0. The van der Waals surface area contributed by atoms with Crippen LogP contribution in [-0.2, 0) is 13.0 Å². The number of fused-ring (bicyclic) bond motifs is 1. The molecule has 0 spiro atoms. The predicted molar refractivity (Wildman–Crippen MR) is 72.8 cm³/mol. The topological polar surface area (TPSA) is 41.5 Å². The molecule has 1 aliphatic rings. The lowest BCUT2D eigenvalue weighted by atomic mass is 9.95. The van der Waals surface area contributed by atoms with Crippen molar-refractivity contribution in [2.75, 3.05) is 19.8 Å². The number of aliphatic hydroxyl groups is 1. The highest BCUT2D eigenvalue weighted by atomic mass is 16.5. The predicted octanol–water partition coefficient (Wildman–Crippen LogP) is 2.12. The minimum Gasteiger partial charge on any atom is -0.493 e. The number of hydrogen-bond acceptors (Lipinski definition) is 3. The minimum atomic E-state index is -0.0582. The number of hydrogen-bond donors (Lipinski definition) is 2. The summed E-state index contributed by atoms with van der Waals surface area (Å²) in [5, 5.41) is 12.6. The highest BCUT2D eigenvalue weighted by Gasteiger charge is 2.15. The molecule has 1 aliphatic heterocycles. The SMILES string of the molecule is CC(C)(CO)CNCc1ccc2c(c1)CCCO2. The molecule has 0 atom stereocenters. The largest absolute Gasteiger partial charge is 0.493 e. The van der Waals surface area contributed by atoms with Crippen molar-refractivity contribution in [3.05, 3.63) is 29.3 Å². The number of aliphatic hydroxyl groups excluding tert-OH is 1. The lowest BCUT2D eigenvalue weighted by molar-refractivity contribution is 0.156. The van der Waals surface area contributed by atoms with E-state index in [1.54, 1.807) is 0 Å². The third-order valence-electron chi connectivity index (χ3n) is 3.33. The van der Waals surface area contributed by atoms with Gasteiger partial charge in [0.15, 0.2) is 0 Å². The monoisotopic (exact) mass is 249 g/mol. The van der Waals surface area contributed by atoms with Gasteiger partial charge in [-0.25, -0.2) is 0 Å². The van der Waals surface area contributed by atoms with Crippen molar-refractivity contribution >= 4 is 0 Å². The average molecular weight is 249 g/mol. The van der Waals surface area contributed by atoms with Crippen LogP contribution in [0.5, 0.6) is 5.75 Å². The van der Waals surface area contributed by atoms with Crippen molar-refractivity contribution in [3.63, 3.8) is 0 Å². The van der Waals surface area contributed by atoms with Crippen molar-refractivity contribution < 1.29 is 9.84 Å². The second-order valence-corrected chi connectivity index (χ2v) is 5.82. The van der Waals surface area contributed by atoms with Crippen molar-refractivity contribution in [1.82, 2.24) is 5.32 Å². The van der Waals surface area contributed by atoms with Crippen LogP contribution in [-0.4, -0.2) is 24.9 Å². The Morgan fingerprint density at radius 1 is 1.39 bits per heavy atom. The molecule has 0 saturated carbocycles. The first-order valence-electron chi connectivity index (χ1n) is 6.67. The summed E-state index contributed by atoms with van der Waals surface area (Å²) in [5.74, 6) is 1.04. The van der Waals surface area contributed by atoms with Crippen LogP contribution in [0.25, 0.3) is 0 Å². The van der Waals surface area contributed by atoms with E-state index in [-0.39, 0.29) is 12.0 Å². The Kier molecular flexibility index (Phi) is 4.25. The molecule has 0 unspecified atom stereocenters. The smallest absolute Gasteiger partial charge is 0.122 e. The van der Waals surface area contributed by atoms with E-state index in [1.807, 2.05) is 0 Å². The standard InChI is InChI=1S/C15H23NO2/c1-15(2,11-17)10-16-9-12-5-6-14-13(8-12)4-3-7-18-14/h5-6,8,16-17H,3-4,7,9-11H2,1-2H3. The maximum absolute atomic E-state index is 9.19. The van der Waals surface area contributed by atoms with Gasteiger partial charge in [0.2, 0.25) is 0 Å². The number of nitrogens with one attached hydrogen (secondary N) is 1. The molecule has 0 saturated heterocycles. The zero-order chi connectivity index (χ0) is 13.0. The van der Waals surface area contributed by atoms with E-state index in [9.17, 15) is 5.11 Å². The van der Waals surface area contributed by atoms with Crippen LogP contribution >= 0.6 is 0 Å². The lowest BCUT2D eigenvalue weighted by Gasteiger charge is -2.22. The summed E-state index contributed by atoms with van der Waals surface area (Å²) in [6, 6.07) is 6.42. The third kappa shape index (κ3) is 3.47.